The highest BCUT2D eigenvalue weighted by Gasteiger charge is 2.20. The molecule has 1 atom stereocenters. The first kappa shape index (κ1) is 25.9. The molecule has 3 aromatic rings. The second-order valence-electron chi connectivity index (χ2n) is 8.15. The van der Waals surface area contributed by atoms with Gasteiger partial charge in [0, 0.05) is 31.3 Å². The van der Waals surface area contributed by atoms with E-state index in [0.717, 1.165) is 5.69 Å². The van der Waals surface area contributed by atoms with Crippen LogP contribution in [-0.4, -0.2) is 78.9 Å². The number of carboxylic acid groups (broad SMARTS) is 1. The lowest BCUT2D eigenvalue weighted by molar-refractivity contribution is -0.139. The van der Waals surface area contributed by atoms with E-state index in [1.165, 1.54) is 6.20 Å². The maximum Gasteiger partial charge on any atom is 0.319 e. The number of ether oxygens (including phenoxy) is 2. The molecule has 1 fully saturated rings. The predicted molar refractivity (Wildman–Crippen MR) is 138 cm³/mol. The zero-order valence-corrected chi connectivity index (χ0v) is 20.0. The van der Waals surface area contributed by atoms with Gasteiger partial charge in [-0.05, 0) is 30.3 Å². The Balaban J connectivity index is 1.45. The van der Waals surface area contributed by atoms with E-state index in [1.807, 2.05) is 6.07 Å². The summed E-state index contributed by atoms with van der Waals surface area (Å²) < 4.78 is 11.0. The molecule has 1 aliphatic heterocycles. The number of nitrogens with zero attached hydrogens (tertiary/aromatic N) is 4. The molecule has 0 unspecified atom stereocenters. The van der Waals surface area contributed by atoms with Gasteiger partial charge >= 0.3 is 5.97 Å². The number of carboxylic acids is 1. The lowest BCUT2D eigenvalue weighted by atomic mass is 10.1. The third kappa shape index (κ3) is 6.51. The third-order valence-electron chi connectivity index (χ3n) is 5.74. The molecule has 0 saturated carbocycles. The van der Waals surface area contributed by atoms with Crippen molar-refractivity contribution in [3.63, 3.8) is 0 Å². The molecule has 4 rings (SSSR count). The van der Waals surface area contributed by atoms with E-state index < -0.39 is 17.9 Å². The molecule has 0 aliphatic carbocycles. The number of nitrogens with one attached hydrogen (secondary N) is 2. The second-order valence-corrected chi connectivity index (χ2v) is 8.15. The number of amides is 1. The number of nitrogens with two attached hydrogens (primary N) is 1. The number of hydrogen-bond acceptors (Lipinski definition) is 10. The van der Waals surface area contributed by atoms with Crippen LogP contribution < -0.4 is 25.9 Å². The highest BCUT2D eigenvalue weighted by molar-refractivity contribution is 6.07. The van der Waals surface area contributed by atoms with Crippen LogP contribution in [0.3, 0.4) is 0 Å². The SMILES string of the molecule is [B]N[C@@H](CCOc1ccc(-c2cnc(N)c(C(=O)Nc3cnccc3N3CCOCC3)n2)cc1)C(=O)O. The summed E-state index contributed by atoms with van der Waals surface area (Å²) in [6.07, 6.45) is 4.93. The lowest BCUT2D eigenvalue weighted by Gasteiger charge is -2.30. The second kappa shape index (κ2) is 12.1. The van der Waals surface area contributed by atoms with E-state index in [0.29, 0.717) is 49.0 Å². The van der Waals surface area contributed by atoms with E-state index in [2.05, 4.69) is 30.4 Å². The topological polar surface area (TPSA) is 165 Å². The average molecular weight is 503 g/mol. The molecule has 1 aliphatic rings. The minimum atomic E-state index is -1.05. The maximum atomic E-state index is 13.1. The summed E-state index contributed by atoms with van der Waals surface area (Å²) in [5, 5.41) is 14.1. The number of morpholine rings is 1. The van der Waals surface area contributed by atoms with Crippen molar-refractivity contribution in [3.8, 4) is 17.0 Å². The number of hydrogen-bond donors (Lipinski definition) is 4. The number of anilines is 3. The van der Waals surface area contributed by atoms with Gasteiger partial charge in [-0.25, -0.2) is 9.97 Å². The molecule has 13 heteroatoms. The van der Waals surface area contributed by atoms with E-state index in [-0.39, 0.29) is 24.5 Å². The van der Waals surface area contributed by atoms with Crippen molar-refractivity contribution in [2.45, 2.75) is 12.5 Å². The number of carbonyl (C=O) groups is 2. The van der Waals surface area contributed by atoms with Gasteiger partial charge in [0.1, 0.15) is 5.75 Å². The number of aromatic nitrogens is 3. The van der Waals surface area contributed by atoms with E-state index in [9.17, 15) is 9.59 Å². The van der Waals surface area contributed by atoms with Crippen molar-refractivity contribution in [1.82, 2.24) is 20.2 Å². The quantitative estimate of drug-likeness (QED) is 0.293. The van der Waals surface area contributed by atoms with Crippen molar-refractivity contribution in [2.75, 3.05) is 48.9 Å². The van der Waals surface area contributed by atoms with Gasteiger partial charge in [0.15, 0.2) is 19.5 Å². The van der Waals surface area contributed by atoms with Crippen LogP contribution in [0.2, 0.25) is 0 Å². The largest absolute Gasteiger partial charge is 0.494 e. The van der Waals surface area contributed by atoms with E-state index in [4.69, 9.17) is 28.3 Å². The normalized spacial score (nSPS) is 14.1. The first-order valence-corrected chi connectivity index (χ1v) is 11.6. The maximum absolute atomic E-state index is 13.1. The molecule has 190 valence electrons. The van der Waals surface area contributed by atoms with Crippen molar-refractivity contribution in [1.29, 1.82) is 0 Å². The number of carbonyl (C=O) groups excluding carboxylic acids is 1. The predicted octanol–water partition coefficient (Wildman–Crippen LogP) is 1.10. The summed E-state index contributed by atoms with van der Waals surface area (Å²) in [5.74, 6) is -1.02. The Hall–Kier alpha value is -4.23. The molecule has 0 bridgehead atoms. The first-order valence-electron chi connectivity index (χ1n) is 11.6. The van der Waals surface area contributed by atoms with E-state index in [1.54, 1.807) is 36.7 Å². The van der Waals surface area contributed by atoms with Gasteiger partial charge in [-0.2, -0.15) is 0 Å². The number of rotatable bonds is 10. The molecule has 3 heterocycles. The molecular formula is C24H26BN7O5. The highest BCUT2D eigenvalue weighted by Crippen LogP contribution is 2.27. The van der Waals surface area contributed by atoms with Crippen molar-refractivity contribution >= 4 is 37.1 Å². The summed E-state index contributed by atoms with van der Waals surface area (Å²) in [7, 11) is 5.22. The Labute approximate surface area is 214 Å². The number of pyridine rings is 1. The molecule has 37 heavy (non-hydrogen) atoms. The van der Waals surface area contributed by atoms with Crippen LogP contribution in [0, 0.1) is 0 Å². The summed E-state index contributed by atoms with van der Waals surface area (Å²) in [6, 6.07) is 7.87. The molecule has 0 spiro atoms. The zero-order chi connectivity index (χ0) is 26.2. The van der Waals surface area contributed by atoms with Crippen LogP contribution in [0.15, 0.2) is 48.9 Å². The number of aliphatic carboxylic acids is 1. The van der Waals surface area contributed by atoms with Gasteiger partial charge in [-0.1, -0.05) is 0 Å². The van der Waals surface area contributed by atoms with Gasteiger partial charge in [0.05, 0.1) is 55.3 Å². The standard InChI is InChI=1S/C24H26BN7O5/c25-31-17(24(34)35)6-10-37-16-3-1-15(2-4-16)18-14-28-22(26)21(29-18)23(33)30-19-13-27-7-5-20(19)32-8-11-36-12-9-32/h1-5,7,13-14,17,31H,6,8-12H2,(H2,26,28)(H,30,33)(H,34,35)/t17-/m0/s1. The minimum Gasteiger partial charge on any atom is -0.494 e. The fraction of sp³-hybridized carbons (Fsp3) is 0.292. The fourth-order valence-electron chi connectivity index (χ4n) is 3.74. The molecule has 2 radical (unpaired) electrons. The zero-order valence-electron chi connectivity index (χ0n) is 20.0. The summed E-state index contributed by atoms with van der Waals surface area (Å²) in [5.41, 5.74) is 8.49. The third-order valence-corrected chi connectivity index (χ3v) is 5.74. The average Bonchev–Trinajstić information content (AvgIpc) is 2.92. The lowest BCUT2D eigenvalue weighted by Crippen LogP contribution is -2.36. The molecule has 1 amide bonds. The molecule has 12 nitrogen and oxygen atoms in total. The summed E-state index contributed by atoms with van der Waals surface area (Å²) in [4.78, 5) is 39.0. The van der Waals surface area contributed by atoms with Crippen LogP contribution in [0.5, 0.6) is 5.75 Å². The Kier molecular flexibility index (Phi) is 8.49. The van der Waals surface area contributed by atoms with Crippen molar-refractivity contribution in [2.24, 2.45) is 0 Å². The van der Waals surface area contributed by atoms with Crippen LogP contribution >= 0.6 is 0 Å². The Bertz CT molecular complexity index is 1240. The molecular weight excluding hydrogens is 477 g/mol. The smallest absolute Gasteiger partial charge is 0.319 e. The van der Waals surface area contributed by atoms with Crippen LogP contribution in [0.4, 0.5) is 17.2 Å². The molecule has 2 aromatic heterocycles. The monoisotopic (exact) mass is 503 g/mol. The van der Waals surface area contributed by atoms with Gasteiger partial charge in [-0.15, -0.1) is 0 Å². The highest BCUT2D eigenvalue weighted by atomic mass is 16.5. The number of benzene rings is 1. The summed E-state index contributed by atoms with van der Waals surface area (Å²) in [6.45, 7) is 2.77. The van der Waals surface area contributed by atoms with Gasteiger partial charge in [0.25, 0.3) is 5.91 Å². The molecule has 1 saturated heterocycles. The van der Waals surface area contributed by atoms with Crippen LogP contribution in [-0.2, 0) is 9.53 Å². The van der Waals surface area contributed by atoms with Crippen molar-refractivity contribution < 1.29 is 24.2 Å². The van der Waals surface area contributed by atoms with Gasteiger partial charge in [-0.3, -0.25) is 14.6 Å². The van der Waals surface area contributed by atoms with Gasteiger partial charge in [0.2, 0.25) is 0 Å². The first-order chi connectivity index (χ1) is 18.0. The van der Waals surface area contributed by atoms with Crippen LogP contribution in [0.25, 0.3) is 11.3 Å². The Morgan fingerprint density at radius 2 is 1.95 bits per heavy atom. The molecule has 5 N–H and O–H groups in total. The Morgan fingerprint density at radius 1 is 1.19 bits per heavy atom. The van der Waals surface area contributed by atoms with Crippen molar-refractivity contribution in [3.05, 3.63) is 54.6 Å². The number of nitrogen functional groups attached to an aromatic ring is 1. The minimum absolute atomic E-state index is 0.000450. The molecule has 1 aromatic carbocycles. The van der Waals surface area contributed by atoms with E-state index >= 15 is 0 Å². The van der Waals surface area contributed by atoms with Gasteiger partial charge < -0.3 is 35.8 Å². The van der Waals surface area contributed by atoms with Crippen LogP contribution in [0.1, 0.15) is 16.9 Å². The Morgan fingerprint density at radius 3 is 2.65 bits per heavy atom. The fourth-order valence-corrected chi connectivity index (χ4v) is 3.74. The summed E-state index contributed by atoms with van der Waals surface area (Å²) >= 11 is 0.